The van der Waals surface area contributed by atoms with E-state index in [0.29, 0.717) is 0 Å². The first-order valence-corrected chi connectivity index (χ1v) is 6.16. The quantitative estimate of drug-likeness (QED) is 0.791. The third-order valence-corrected chi connectivity index (χ3v) is 3.67. The van der Waals surface area contributed by atoms with E-state index in [2.05, 4.69) is 0 Å². The van der Waals surface area contributed by atoms with Gasteiger partial charge in [0.2, 0.25) is 5.91 Å². The van der Waals surface area contributed by atoms with Crippen LogP contribution in [0.4, 0.5) is 0 Å². The molecule has 90 valence electrons. The highest BCUT2D eigenvalue weighted by atomic mass is 16.4. The van der Waals surface area contributed by atoms with E-state index >= 15 is 0 Å². The molecule has 0 heterocycles. The second-order valence-electron chi connectivity index (χ2n) is 4.97. The van der Waals surface area contributed by atoms with Crippen LogP contribution in [0.3, 0.4) is 0 Å². The number of carbonyl (C=O) groups is 2. The van der Waals surface area contributed by atoms with Gasteiger partial charge in [0.1, 0.15) is 6.04 Å². The highest BCUT2D eigenvalue weighted by molar-refractivity contribution is 5.85. The van der Waals surface area contributed by atoms with Crippen molar-refractivity contribution >= 4 is 11.9 Å². The van der Waals surface area contributed by atoms with Crippen LogP contribution in [0.1, 0.15) is 45.4 Å². The molecular weight excluding hydrogens is 206 g/mol. The molecule has 0 aromatic rings. The minimum atomic E-state index is -0.891. The summed E-state index contributed by atoms with van der Waals surface area (Å²) in [5, 5.41) is 9.03. The van der Waals surface area contributed by atoms with Crippen LogP contribution < -0.4 is 0 Å². The van der Waals surface area contributed by atoms with E-state index in [9.17, 15) is 9.59 Å². The van der Waals surface area contributed by atoms with Crippen molar-refractivity contribution in [3.05, 3.63) is 0 Å². The fourth-order valence-electron chi connectivity index (χ4n) is 2.54. The van der Waals surface area contributed by atoms with Crippen molar-refractivity contribution in [2.24, 2.45) is 5.92 Å². The Kier molecular flexibility index (Phi) is 3.17. The Hall–Kier alpha value is -1.06. The molecule has 1 unspecified atom stereocenters. The van der Waals surface area contributed by atoms with Crippen LogP contribution in [0.25, 0.3) is 0 Å². The third-order valence-electron chi connectivity index (χ3n) is 3.67. The molecule has 2 rings (SSSR count). The zero-order valence-electron chi connectivity index (χ0n) is 9.69. The van der Waals surface area contributed by atoms with E-state index in [1.807, 2.05) is 0 Å². The molecule has 0 bridgehead atoms. The minimum Gasteiger partial charge on any atom is -0.480 e. The second-order valence-corrected chi connectivity index (χ2v) is 4.97. The standard InChI is InChI=1S/C12H19NO3/c1-8(12(15)16)13(10-6-7-10)11(14)9-4-2-3-5-9/h8-10H,2-7H2,1H3,(H,15,16). The Morgan fingerprint density at radius 2 is 1.75 bits per heavy atom. The van der Waals surface area contributed by atoms with Crippen LogP contribution in [0.2, 0.25) is 0 Å². The Balaban J connectivity index is 2.06. The van der Waals surface area contributed by atoms with Crippen molar-refractivity contribution < 1.29 is 14.7 Å². The van der Waals surface area contributed by atoms with Crippen LogP contribution in [-0.4, -0.2) is 34.0 Å². The lowest BCUT2D eigenvalue weighted by Crippen LogP contribution is -2.47. The minimum absolute atomic E-state index is 0.0786. The molecule has 0 aromatic carbocycles. The Labute approximate surface area is 95.6 Å². The number of amides is 1. The summed E-state index contributed by atoms with van der Waals surface area (Å²) in [7, 11) is 0. The number of hydrogen-bond donors (Lipinski definition) is 1. The van der Waals surface area contributed by atoms with Crippen molar-refractivity contribution in [1.29, 1.82) is 0 Å². The molecule has 4 nitrogen and oxygen atoms in total. The summed E-state index contributed by atoms with van der Waals surface area (Å²) < 4.78 is 0. The molecule has 4 heteroatoms. The summed E-state index contributed by atoms with van der Waals surface area (Å²) in [6.45, 7) is 1.62. The molecule has 1 N–H and O–H groups in total. The van der Waals surface area contributed by atoms with E-state index in [0.717, 1.165) is 38.5 Å². The maximum Gasteiger partial charge on any atom is 0.326 e. The van der Waals surface area contributed by atoms with Gasteiger partial charge in [0.15, 0.2) is 0 Å². The lowest BCUT2D eigenvalue weighted by Gasteiger charge is -2.29. The van der Waals surface area contributed by atoms with Gasteiger partial charge in [-0.25, -0.2) is 4.79 Å². The van der Waals surface area contributed by atoms with Crippen LogP contribution in [0, 0.1) is 5.92 Å². The number of rotatable bonds is 4. The zero-order chi connectivity index (χ0) is 11.7. The number of carboxylic acid groups (broad SMARTS) is 1. The summed E-state index contributed by atoms with van der Waals surface area (Å²) in [6, 6.07) is -0.472. The lowest BCUT2D eigenvalue weighted by atomic mass is 10.1. The summed E-state index contributed by atoms with van der Waals surface area (Å²) in [6.07, 6.45) is 6.03. The molecule has 1 amide bonds. The topological polar surface area (TPSA) is 57.6 Å². The predicted octanol–water partition coefficient (Wildman–Crippen LogP) is 1.64. The summed E-state index contributed by atoms with van der Waals surface area (Å²) in [4.78, 5) is 24.9. The molecule has 0 spiro atoms. The highest BCUT2D eigenvalue weighted by Gasteiger charge is 2.41. The van der Waals surface area contributed by atoms with E-state index in [4.69, 9.17) is 5.11 Å². The van der Waals surface area contributed by atoms with Crippen LogP contribution in [0.15, 0.2) is 0 Å². The zero-order valence-corrected chi connectivity index (χ0v) is 9.69. The highest BCUT2D eigenvalue weighted by Crippen LogP contribution is 2.34. The average molecular weight is 225 g/mol. The largest absolute Gasteiger partial charge is 0.480 e. The van der Waals surface area contributed by atoms with E-state index in [-0.39, 0.29) is 17.9 Å². The molecule has 0 aliphatic heterocycles. The molecule has 1 atom stereocenters. The van der Waals surface area contributed by atoms with E-state index in [1.54, 1.807) is 11.8 Å². The van der Waals surface area contributed by atoms with Gasteiger partial charge in [-0.15, -0.1) is 0 Å². The van der Waals surface area contributed by atoms with Crippen molar-refractivity contribution in [3.63, 3.8) is 0 Å². The molecule has 2 saturated carbocycles. The van der Waals surface area contributed by atoms with E-state index < -0.39 is 12.0 Å². The van der Waals surface area contributed by atoms with Gasteiger partial charge in [0.25, 0.3) is 0 Å². The SMILES string of the molecule is CC(C(=O)O)N(C(=O)C1CCCC1)C1CC1. The number of hydrogen-bond acceptors (Lipinski definition) is 2. The first-order valence-electron chi connectivity index (χ1n) is 6.16. The first-order chi connectivity index (χ1) is 7.61. The van der Waals surface area contributed by atoms with Gasteiger partial charge in [-0.3, -0.25) is 4.79 Å². The van der Waals surface area contributed by atoms with Gasteiger partial charge in [-0.2, -0.15) is 0 Å². The number of nitrogens with zero attached hydrogens (tertiary/aromatic N) is 1. The second kappa shape index (κ2) is 4.44. The van der Waals surface area contributed by atoms with Crippen molar-refractivity contribution in [2.45, 2.75) is 57.5 Å². The Morgan fingerprint density at radius 1 is 1.19 bits per heavy atom. The normalized spacial score (nSPS) is 23.1. The molecule has 2 aliphatic carbocycles. The van der Waals surface area contributed by atoms with Crippen LogP contribution in [0.5, 0.6) is 0 Å². The van der Waals surface area contributed by atoms with Gasteiger partial charge in [-0.1, -0.05) is 12.8 Å². The number of carbonyl (C=O) groups excluding carboxylic acids is 1. The Bertz CT molecular complexity index is 293. The average Bonchev–Trinajstić information content (AvgIpc) is 2.93. The molecule has 2 aliphatic rings. The van der Waals surface area contributed by atoms with Crippen molar-refractivity contribution in [3.8, 4) is 0 Å². The number of aliphatic carboxylic acids is 1. The van der Waals surface area contributed by atoms with Gasteiger partial charge in [0.05, 0.1) is 0 Å². The fraction of sp³-hybridized carbons (Fsp3) is 0.833. The monoisotopic (exact) mass is 225 g/mol. The van der Waals surface area contributed by atoms with Crippen molar-refractivity contribution in [2.75, 3.05) is 0 Å². The summed E-state index contributed by atoms with van der Waals surface area (Å²) in [5.74, 6) is -0.726. The van der Waals surface area contributed by atoms with E-state index in [1.165, 1.54) is 0 Å². The Morgan fingerprint density at radius 3 is 2.19 bits per heavy atom. The molecule has 2 fully saturated rings. The lowest BCUT2D eigenvalue weighted by molar-refractivity contribution is -0.151. The summed E-state index contributed by atoms with van der Waals surface area (Å²) >= 11 is 0. The number of carboxylic acids is 1. The van der Waals surface area contributed by atoms with Crippen LogP contribution in [-0.2, 0) is 9.59 Å². The van der Waals surface area contributed by atoms with Gasteiger partial charge >= 0.3 is 5.97 Å². The van der Waals surface area contributed by atoms with Crippen LogP contribution >= 0.6 is 0 Å². The molecule has 0 radical (unpaired) electrons. The fourth-order valence-corrected chi connectivity index (χ4v) is 2.54. The molecule has 16 heavy (non-hydrogen) atoms. The molecule has 0 saturated heterocycles. The molecular formula is C12H19NO3. The predicted molar refractivity (Wildman–Crippen MR) is 58.9 cm³/mol. The summed E-state index contributed by atoms with van der Waals surface area (Å²) in [5.41, 5.74) is 0. The van der Waals surface area contributed by atoms with Crippen molar-refractivity contribution in [1.82, 2.24) is 4.90 Å². The van der Waals surface area contributed by atoms with Gasteiger partial charge in [0, 0.05) is 12.0 Å². The molecule has 0 aromatic heterocycles. The first kappa shape index (κ1) is 11.4. The van der Waals surface area contributed by atoms with Gasteiger partial charge < -0.3 is 10.0 Å². The maximum atomic E-state index is 12.2. The third kappa shape index (κ3) is 2.20. The smallest absolute Gasteiger partial charge is 0.326 e. The maximum absolute atomic E-state index is 12.2. The van der Waals surface area contributed by atoms with Gasteiger partial charge in [-0.05, 0) is 32.6 Å².